The van der Waals surface area contributed by atoms with Gasteiger partial charge >= 0.3 is 0 Å². The first-order chi connectivity index (χ1) is 10.1. The number of rotatable bonds is 3. The summed E-state index contributed by atoms with van der Waals surface area (Å²) in [4.78, 5) is 4.47. The monoisotopic (exact) mass is 346 g/mol. The minimum absolute atomic E-state index is 0.00905. The van der Waals surface area contributed by atoms with Crippen molar-refractivity contribution in [3.05, 3.63) is 41.0 Å². The van der Waals surface area contributed by atoms with E-state index in [-0.39, 0.29) is 6.04 Å². The maximum Gasteiger partial charge on any atom is 0.154 e. The van der Waals surface area contributed by atoms with Crippen LogP contribution in [0.25, 0.3) is 10.9 Å². The van der Waals surface area contributed by atoms with Crippen molar-refractivity contribution in [1.29, 1.82) is 0 Å². The van der Waals surface area contributed by atoms with Crippen molar-refractivity contribution >= 4 is 38.2 Å². The van der Waals surface area contributed by atoms with Gasteiger partial charge in [0, 0.05) is 28.8 Å². The van der Waals surface area contributed by atoms with Crippen LogP contribution in [0.4, 0.5) is 11.4 Å². The largest absolute Gasteiger partial charge is 0.398 e. The fourth-order valence-electron chi connectivity index (χ4n) is 2.31. The molecule has 108 valence electrons. The molecule has 1 unspecified atom stereocenters. The number of aromatic nitrogens is 4. The maximum atomic E-state index is 6.03. The number of hydrogen-bond donors (Lipinski definition) is 2. The number of pyridine rings is 1. The summed E-state index contributed by atoms with van der Waals surface area (Å²) in [5.74, 6) is 0.858. The van der Waals surface area contributed by atoms with Gasteiger partial charge in [0.05, 0.1) is 17.2 Å². The number of anilines is 2. The molecular formula is C14H15BrN6. The molecule has 0 bridgehead atoms. The summed E-state index contributed by atoms with van der Waals surface area (Å²) in [7, 11) is 1.92. The first-order valence-electron chi connectivity index (χ1n) is 6.50. The van der Waals surface area contributed by atoms with Gasteiger partial charge in [-0.15, -0.1) is 10.2 Å². The molecule has 0 fully saturated rings. The van der Waals surface area contributed by atoms with E-state index in [1.807, 2.05) is 36.7 Å². The van der Waals surface area contributed by atoms with Gasteiger partial charge in [-0.05, 0) is 41.1 Å². The molecule has 2 aromatic heterocycles. The highest BCUT2D eigenvalue weighted by Gasteiger charge is 2.14. The van der Waals surface area contributed by atoms with E-state index >= 15 is 0 Å². The van der Waals surface area contributed by atoms with Crippen molar-refractivity contribution in [3.63, 3.8) is 0 Å². The molecule has 0 saturated heterocycles. The van der Waals surface area contributed by atoms with Gasteiger partial charge in [0.1, 0.15) is 6.33 Å². The third kappa shape index (κ3) is 2.56. The molecule has 0 spiro atoms. The molecule has 6 nitrogen and oxygen atoms in total. The average molecular weight is 347 g/mol. The van der Waals surface area contributed by atoms with E-state index in [0.29, 0.717) is 5.69 Å². The highest BCUT2D eigenvalue weighted by Crippen LogP contribution is 2.30. The molecule has 7 heteroatoms. The number of fused-ring (bicyclic) bond motifs is 1. The van der Waals surface area contributed by atoms with E-state index in [4.69, 9.17) is 5.73 Å². The lowest BCUT2D eigenvalue weighted by Gasteiger charge is -2.16. The van der Waals surface area contributed by atoms with Crippen LogP contribution in [0.3, 0.4) is 0 Å². The summed E-state index contributed by atoms with van der Waals surface area (Å²) in [5, 5.41) is 12.4. The van der Waals surface area contributed by atoms with Crippen molar-refractivity contribution in [2.45, 2.75) is 13.0 Å². The predicted octanol–water partition coefficient (Wildman–Crippen LogP) is 2.88. The van der Waals surface area contributed by atoms with Gasteiger partial charge in [0.25, 0.3) is 0 Å². The average Bonchev–Trinajstić information content (AvgIpc) is 2.88. The van der Waals surface area contributed by atoms with Crippen LogP contribution >= 0.6 is 15.9 Å². The topological polar surface area (TPSA) is 81.7 Å². The van der Waals surface area contributed by atoms with Gasteiger partial charge in [0.15, 0.2) is 5.82 Å². The maximum absolute atomic E-state index is 6.03. The Kier molecular flexibility index (Phi) is 3.50. The van der Waals surface area contributed by atoms with Crippen LogP contribution in [0.5, 0.6) is 0 Å². The second-order valence-electron chi connectivity index (χ2n) is 4.92. The Morgan fingerprint density at radius 1 is 1.38 bits per heavy atom. The number of nitrogen functional groups attached to an aromatic ring is 1. The van der Waals surface area contributed by atoms with Crippen LogP contribution in [0.1, 0.15) is 18.8 Å². The van der Waals surface area contributed by atoms with Crippen molar-refractivity contribution in [3.8, 4) is 0 Å². The molecule has 0 radical (unpaired) electrons. The normalized spacial score (nSPS) is 12.5. The van der Waals surface area contributed by atoms with E-state index in [2.05, 4.69) is 36.4 Å². The molecule has 3 rings (SSSR count). The second kappa shape index (κ2) is 5.33. The number of aryl methyl sites for hydroxylation is 1. The Hall–Kier alpha value is -2.15. The highest BCUT2D eigenvalue weighted by atomic mass is 79.9. The summed E-state index contributed by atoms with van der Waals surface area (Å²) in [6, 6.07) is 5.79. The molecule has 0 aliphatic carbocycles. The Labute approximate surface area is 130 Å². The van der Waals surface area contributed by atoms with Crippen molar-refractivity contribution in [2.75, 3.05) is 11.1 Å². The third-order valence-corrected chi connectivity index (χ3v) is 3.79. The Morgan fingerprint density at radius 2 is 2.19 bits per heavy atom. The molecule has 1 atom stereocenters. The minimum Gasteiger partial charge on any atom is -0.398 e. The zero-order valence-corrected chi connectivity index (χ0v) is 13.3. The zero-order chi connectivity index (χ0) is 15.0. The number of halogens is 1. The molecule has 21 heavy (non-hydrogen) atoms. The number of nitrogens with two attached hydrogens (primary N) is 1. The zero-order valence-electron chi connectivity index (χ0n) is 11.7. The van der Waals surface area contributed by atoms with Crippen molar-refractivity contribution in [2.24, 2.45) is 7.05 Å². The molecular weight excluding hydrogens is 332 g/mol. The number of nitrogens with zero attached hydrogens (tertiary/aromatic N) is 4. The molecule has 2 heterocycles. The van der Waals surface area contributed by atoms with Crippen LogP contribution in [-0.2, 0) is 7.05 Å². The fourth-order valence-corrected chi connectivity index (χ4v) is 2.65. The van der Waals surface area contributed by atoms with Crippen molar-refractivity contribution < 1.29 is 0 Å². The Morgan fingerprint density at radius 3 is 2.90 bits per heavy atom. The Balaban J connectivity index is 2.02. The smallest absolute Gasteiger partial charge is 0.154 e. The minimum atomic E-state index is 0.00905. The SMILES string of the molecule is CC(Nc1ccc(N)c2cc(Br)cnc12)c1nncn1C. The predicted molar refractivity (Wildman–Crippen MR) is 86.9 cm³/mol. The summed E-state index contributed by atoms with van der Waals surface area (Å²) >= 11 is 3.42. The lowest BCUT2D eigenvalue weighted by molar-refractivity contribution is 0.720. The van der Waals surface area contributed by atoms with Gasteiger partial charge in [-0.2, -0.15) is 0 Å². The van der Waals surface area contributed by atoms with E-state index in [0.717, 1.165) is 26.9 Å². The standard InChI is InChI=1S/C14H15BrN6/c1-8(14-20-18-7-21(14)2)19-12-4-3-11(16)10-5-9(15)6-17-13(10)12/h3-8,19H,16H2,1-2H3. The van der Waals surface area contributed by atoms with Gasteiger partial charge < -0.3 is 15.6 Å². The lowest BCUT2D eigenvalue weighted by atomic mass is 10.1. The molecule has 0 saturated carbocycles. The van der Waals surface area contributed by atoms with Crippen molar-refractivity contribution in [1.82, 2.24) is 19.7 Å². The van der Waals surface area contributed by atoms with Gasteiger partial charge in [-0.25, -0.2) is 0 Å². The van der Waals surface area contributed by atoms with E-state index in [1.165, 1.54) is 0 Å². The summed E-state index contributed by atoms with van der Waals surface area (Å²) in [6.07, 6.45) is 3.45. The fraction of sp³-hybridized carbons (Fsp3) is 0.214. The van der Waals surface area contributed by atoms with Crippen LogP contribution < -0.4 is 11.1 Å². The van der Waals surface area contributed by atoms with E-state index < -0.39 is 0 Å². The first kappa shape index (κ1) is 13.8. The lowest BCUT2D eigenvalue weighted by Crippen LogP contribution is -2.12. The first-order valence-corrected chi connectivity index (χ1v) is 7.29. The molecule has 1 aromatic carbocycles. The van der Waals surface area contributed by atoms with Gasteiger partial charge in [-0.1, -0.05) is 0 Å². The molecule has 0 amide bonds. The molecule has 3 N–H and O–H groups in total. The van der Waals surface area contributed by atoms with E-state index in [1.54, 1.807) is 12.5 Å². The third-order valence-electron chi connectivity index (χ3n) is 3.36. The molecule has 3 aromatic rings. The summed E-state index contributed by atoms with van der Waals surface area (Å²) < 4.78 is 2.79. The number of nitrogens with one attached hydrogen (secondary N) is 1. The van der Waals surface area contributed by atoms with Crippen LogP contribution in [0.15, 0.2) is 35.2 Å². The molecule has 0 aliphatic rings. The highest BCUT2D eigenvalue weighted by molar-refractivity contribution is 9.10. The quantitative estimate of drug-likeness (QED) is 0.712. The van der Waals surface area contributed by atoms with Crippen LogP contribution in [-0.4, -0.2) is 19.7 Å². The van der Waals surface area contributed by atoms with Crippen LogP contribution in [0.2, 0.25) is 0 Å². The van der Waals surface area contributed by atoms with Gasteiger partial charge in [-0.3, -0.25) is 4.98 Å². The summed E-state index contributed by atoms with van der Waals surface area (Å²) in [6.45, 7) is 2.03. The number of hydrogen-bond acceptors (Lipinski definition) is 5. The second-order valence-corrected chi connectivity index (χ2v) is 5.83. The van der Waals surface area contributed by atoms with Crippen LogP contribution in [0, 0.1) is 0 Å². The summed E-state index contributed by atoms with van der Waals surface area (Å²) in [5.41, 5.74) is 8.49. The van der Waals surface area contributed by atoms with E-state index in [9.17, 15) is 0 Å². The van der Waals surface area contributed by atoms with Gasteiger partial charge in [0.2, 0.25) is 0 Å². The molecule has 0 aliphatic heterocycles. The Bertz CT molecular complexity index is 797. The number of benzene rings is 1.